The zero-order valence-corrected chi connectivity index (χ0v) is 10.6. The lowest BCUT2D eigenvalue weighted by Gasteiger charge is -2.19. The van der Waals surface area contributed by atoms with E-state index in [1.165, 1.54) is 23.8 Å². The van der Waals surface area contributed by atoms with Gasteiger partial charge in [0.25, 0.3) is 0 Å². The fraction of sp³-hybridized carbons (Fsp3) is 0.500. The fourth-order valence-corrected chi connectivity index (χ4v) is 2.58. The zero-order chi connectivity index (χ0) is 12.4. The van der Waals surface area contributed by atoms with Crippen LogP contribution in [-0.2, 0) is 9.53 Å². The van der Waals surface area contributed by atoms with Gasteiger partial charge in [-0.05, 0) is 30.5 Å². The van der Waals surface area contributed by atoms with E-state index in [-0.39, 0.29) is 17.8 Å². The highest BCUT2D eigenvalue weighted by atomic mass is 16.5. The first-order chi connectivity index (χ1) is 8.15. The van der Waals surface area contributed by atoms with Gasteiger partial charge in [0, 0.05) is 19.0 Å². The maximum atomic E-state index is 11.7. The Bertz CT molecular complexity index is 428. The van der Waals surface area contributed by atoms with Crippen LogP contribution in [0.25, 0.3) is 0 Å². The summed E-state index contributed by atoms with van der Waals surface area (Å²) < 4.78 is 4.88. The molecule has 0 saturated carbocycles. The molecule has 3 nitrogen and oxygen atoms in total. The van der Waals surface area contributed by atoms with Crippen LogP contribution in [0.3, 0.4) is 0 Å². The van der Waals surface area contributed by atoms with Gasteiger partial charge in [-0.3, -0.25) is 4.79 Å². The Balaban J connectivity index is 2.32. The van der Waals surface area contributed by atoms with Crippen molar-refractivity contribution >= 4 is 5.97 Å². The van der Waals surface area contributed by atoms with Crippen LogP contribution in [-0.4, -0.2) is 26.2 Å². The van der Waals surface area contributed by atoms with Crippen LogP contribution in [0.5, 0.6) is 0 Å². The summed E-state index contributed by atoms with van der Waals surface area (Å²) in [5, 5.41) is 3.28. The number of carbonyl (C=O) groups is 1. The number of aryl methyl sites for hydroxylation is 1. The van der Waals surface area contributed by atoms with Crippen molar-refractivity contribution in [2.75, 3.05) is 20.2 Å². The second kappa shape index (κ2) is 4.88. The van der Waals surface area contributed by atoms with E-state index in [2.05, 4.69) is 37.4 Å². The molecular weight excluding hydrogens is 214 g/mol. The molecule has 0 amide bonds. The minimum absolute atomic E-state index is 0.0551. The fourth-order valence-electron chi connectivity index (χ4n) is 2.58. The molecule has 92 valence electrons. The van der Waals surface area contributed by atoms with Gasteiger partial charge in [-0.25, -0.2) is 0 Å². The highest BCUT2D eigenvalue weighted by molar-refractivity contribution is 5.74. The van der Waals surface area contributed by atoms with E-state index in [0.717, 1.165) is 6.54 Å². The van der Waals surface area contributed by atoms with Gasteiger partial charge in [0.1, 0.15) is 0 Å². The van der Waals surface area contributed by atoms with E-state index >= 15 is 0 Å². The number of esters is 1. The van der Waals surface area contributed by atoms with E-state index in [4.69, 9.17) is 4.74 Å². The number of rotatable bonds is 2. The number of methoxy groups -OCH3 is 1. The van der Waals surface area contributed by atoms with Crippen LogP contribution in [0.2, 0.25) is 0 Å². The van der Waals surface area contributed by atoms with E-state index in [9.17, 15) is 4.79 Å². The van der Waals surface area contributed by atoms with E-state index < -0.39 is 0 Å². The number of hydrogen-bond donors (Lipinski definition) is 1. The topological polar surface area (TPSA) is 38.3 Å². The Labute approximate surface area is 102 Å². The molecule has 1 saturated heterocycles. The summed E-state index contributed by atoms with van der Waals surface area (Å²) in [7, 11) is 1.46. The van der Waals surface area contributed by atoms with Gasteiger partial charge < -0.3 is 10.1 Å². The third kappa shape index (κ3) is 2.20. The van der Waals surface area contributed by atoms with Crippen molar-refractivity contribution in [3.63, 3.8) is 0 Å². The van der Waals surface area contributed by atoms with Crippen LogP contribution in [0, 0.1) is 19.8 Å². The summed E-state index contributed by atoms with van der Waals surface area (Å²) in [6.07, 6.45) is 0. The Morgan fingerprint density at radius 3 is 2.82 bits per heavy atom. The third-order valence-corrected chi connectivity index (χ3v) is 3.76. The number of carbonyl (C=O) groups excluding carboxylic acids is 1. The number of benzene rings is 1. The first-order valence-electron chi connectivity index (χ1n) is 5.99. The second-order valence-corrected chi connectivity index (χ2v) is 4.68. The van der Waals surface area contributed by atoms with E-state index in [0.29, 0.717) is 6.54 Å². The van der Waals surface area contributed by atoms with Crippen molar-refractivity contribution in [1.82, 2.24) is 5.32 Å². The summed E-state index contributed by atoms with van der Waals surface area (Å²) in [5.41, 5.74) is 3.83. The quantitative estimate of drug-likeness (QED) is 0.791. The van der Waals surface area contributed by atoms with Crippen LogP contribution in [0.15, 0.2) is 18.2 Å². The van der Waals surface area contributed by atoms with Gasteiger partial charge in [-0.1, -0.05) is 18.2 Å². The van der Waals surface area contributed by atoms with Crippen molar-refractivity contribution in [3.05, 3.63) is 34.9 Å². The van der Waals surface area contributed by atoms with Gasteiger partial charge in [0.2, 0.25) is 0 Å². The van der Waals surface area contributed by atoms with Gasteiger partial charge in [-0.15, -0.1) is 0 Å². The first kappa shape index (κ1) is 12.1. The monoisotopic (exact) mass is 233 g/mol. The lowest BCUT2D eigenvalue weighted by atomic mass is 9.85. The summed E-state index contributed by atoms with van der Waals surface area (Å²) in [5.74, 6) is 0.0729. The smallest absolute Gasteiger partial charge is 0.310 e. The molecule has 1 N–H and O–H groups in total. The molecule has 0 spiro atoms. The largest absolute Gasteiger partial charge is 0.469 e. The van der Waals surface area contributed by atoms with Crippen molar-refractivity contribution < 1.29 is 9.53 Å². The van der Waals surface area contributed by atoms with Crippen LogP contribution >= 0.6 is 0 Å². The summed E-state index contributed by atoms with van der Waals surface area (Å²) in [6.45, 7) is 5.79. The molecule has 3 heteroatoms. The van der Waals surface area contributed by atoms with Gasteiger partial charge >= 0.3 is 5.97 Å². The standard InChI is InChI=1S/C14H19NO2/c1-9-5-4-6-11(10(9)2)12-7-15-8-13(12)14(16)17-3/h4-6,12-13,15H,7-8H2,1-3H3/t12-,13+/m0/s1. The highest BCUT2D eigenvalue weighted by Gasteiger charge is 2.35. The van der Waals surface area contributed by atoms with E-state index in [1.54, 1.807) is 0 Å². The molecule has 1 aromatic carbocycles. The molecule has 0 bridgehead atoms. The lowest BCUT2D eigenvalue weighted by molar-refractivity contribution is -0.145. The molecule has 0 aromatic heterocycles. The van der Waals surface area contributed by atoms with Crippen molar-refractivity contribution in [2.45, 2.75) is 19.8 Å². The molecule has 0 unspecified atom stereocenters. The summed E-state index contributed by atoms with van der Waals surface area (Å²) in [6, 6.07) is 6.29. The van der Waals surface area contributed by atoms with Gasteiger partial charge in [0.05, 0.1) is 13.0 Å². The first-order valence-corrected chi connectivity index (χ1v) is 5.99. The number of ether oxygens (including phenoxy) is 1. The molecule has 1 aliphatic heterocycles. The lowest BCUT2D eigenvalue weighted by Crippen LogP contribution is -2.23. The van der Waals surface area contributed by atoms with Crippen LogP contribution in [0.1, 0.15) is 22.6 Å². The average molecular weight is 233 g/mol. The predicted octanol–water partition coefficient (Wildman–Crippen LogP) is 1.78. The molecule has 2 atom stereocenters. The Hall–Kier alpha value is -1.35. The Morgan fingerprint density at radius 1 is 1.35 bits per heavy atom. The predicted molar refractivity (Wildman–Crippen MR) is 67.0 cm³/mol. The van der Waals surface area contributed by atoms with Crippen molar-refractivity contribution in [2.24, 2.45) is 5.92 Å². The molecule has 1 fully saturated rings. The van der Waals surface area contributed by atoms with Gasteiger partial charge in [0.15, 0.2) is 0 Å². The number of hydrogen-bond acceptors (Lipinski definition) is 3. The molecule has 1 aliphatic rings. The molecule has 1 heterocycles. The van der Waals surface area contributed by atoms with Crippen molar-refractivity contribution in [3.8, 4) is 0 Å². The maximum Gasteiger partial charge on any atom is 0.310 e. The van der Waals surface area contributed by atoms with Crippen LogP contribution in [0.4, 0.5) is 0 Å². The van der Waals surface area contributed by atoms with E-state index in [1.807, 2.05) is 0 Å². The van der Waals surface area contributed by atoms with Crippen molar-refractivity contribution in [1.29, 1.82) is 0 Å². The normalized spacial score (nSPS) is 23.7. The Morgan fingerprint density at radius 2 is 2.12 bits per heavy atom. The maximum absolute atomic E-state index is 11.7. The third-order valence-electron chi connectivity index (χ3n) is 3.76. The minimum atomic E-state index is -0.110. The van der Waals surface area contributed by atoms with Gasteiger partial charge in [-0.2, -0.15) is 0 Å². The summed E-state index contributed by atoms with van der Waals surface area (Å²) in [4.78, 5) is 11.7. The molecular formula is C14H19NO2. The average Bonchev–Trinajstić information content (AvgIpc) is 2.80. The molecule has 0 aliphatic carbocycles. The Kier molecular flexibility index (Phi) is 3.48. The molecule has 1 aromatic rings. The molecule has 0 radical (unpaired) electrons. The highest BCUT2D eigenvalue weighted by Crippen LogP contribution is 2.32. The molecule has 17 heavy (non-hydrogen) atoms. The van der Waals surface area contributed by atoms with Crippen LogP contribution < -0.4 is 5.32 Å². The second-order valence-electron chi connectivity index (χ2n) is 4.68. The SMILES string of the molecule is COC(=O)[C@@H]1CNC[C@H]1c1cccc(C)c1C. The zero-order valence-electron chi connectivity index (χ0n) is 10.6. The summed E-state index contributed by atoms with van der Waals surface area (Å²) >= 11 is 0. The minimum Gasteiger partial charge on any atom is -0.469 e. The molecule has 2 rings (SSSR count). The number of nitrogens with one attached hydrogen (secondary N) is 1.